The molecule has 2 nitrogen and oxygen atoms in total. The fraction of sp³-hybridized carbons (Fsp3) is 0.294. The van der Waals surface area contributed by atoms with Crippen LogP contribution in [-0.2, 0) is 0 Å². The highest BCUT2D eigenvalue weighted by atomic mass is 16.5. The second kappa shape index (κ2) is 5.34. The van der Waals surface area contributed by atoms with E-state index in [2.05, 4.69) is 36.1 Å². The molecule has 0 bridgehead atoms. The summed E-state index contributed by atoms with van der Waals surface area (Å²) in [4.78, 5) is 0. The number of rotatable bonds is 3. The van der Waals surface area contributed by atoms with Crippen LogP contribution < -0.4 is 10.5 Å². The summed E-state index contributed by atoms with van der Waals surface area (Å²) in [6.45, 7) is 1.25. The quantitative estimate of drug-likeness (QED) is 0.851. The molecular weight excluding hydrogens is 234 g/mol. The molecular formula is C17H17NO. The van der Waals surface area contributed by atoms with E-state index in [0.717, 1.165) is 23.8 Å². The van der Waals surface area contributed by atoms with Gasteiger partial charge in [0.25, 0.3) is 0 Å². The third kappa shape index (κ3) is 3.07. The van der Waals surface area contributed by atoms with Crippen LogP contribution in [0.5, 0.6) is 5.75 Å². The topological polar surface area (TPSA) is 35.2 Å². The Morgan fingerprint density at radius 2 is 1.89 bits per heavy atom. The smallest absolute Gasteiger partial charge is 0.119 e. The van der Waals surface area contributed by atoms with Gasteiger partial charge < -0.3 is 10.5 Å². The van der Waals surface area contributed by atoms with Crippen LogP contribution in [0.1, 0.15) is 18.4 Å². The summed E-state index contributed by atoms with van der Waals surface area (Å²) in [6, 6.07) is 12.4. The minimum absolute atomic E-state index is 0.395. The second-order valence-corrected chi connectivity index (χ2v) is 4.98. The van der Waals surface area contributed by atoms with Gasteiger partial charge in [-0.15, -0.1) is 0 Å². The predicted octanol–water partition coefficient (Wildman–Crippen LogP) is 2.94. The summed E-state index contributed by atoms with van der Waals surface area (Å²) in [7, 11) is 0. The molecule has 1 aliphatic carbocycles. The van der Waals surface area contributed by atoms with Crippen LogP contribution in [0, 0.1) is 17.8 Å². The number of fused-ring (bicyclic) bond motifs is 1. The first-order chi connectivity index (χ1) is 9.35. The van der Waals surface area contributed by atoms with Crippen LogP contribution in [0.2, 0.25) is 0 Å². The molecule has 2 heteroatoms. The first-order valence-corrected chi connectivity index (χ1v) is 6.71. The van der Waals surface area contributed by atoms with Crippen LogP contribution in [-0.4, -0.2) is 13.2 Å². The van der Waals surface area contributed by atoms with Gasteiger partial charge in [-0.25, -0.2) is 0 Å². The standard InChI is InChI=1S/C17H17NO/c18-9-1-2-13-5-6-16-11-17(8-7-15(16)10-13)19-12-14-3-4-14/h5-8,10-11,14H,3-4,9,12,18H2. The minimum Gasteiger partial charge on any atom is -0.493 e. The predicted molar refractivity (Wildman–Crippen MR) is 78.1 cm³/mol. The molecule has 0 unspecified atom stereocenters. The maximum absolute atomic E-state index is 5.79. The lowest BCUT2D eigenvalue weighted by atomic mass is 10.1. The molecule has 0 aliphatic heterocycles. The molecule has 0 aromatic heterocycles. The van der Waals surface area contributed by atoms with Crippen molar-refractivity contribution in [3.8, 4) is 17.6 Å². The van der Waals surface area contributed by atoms with E-state index >= 15 is 0 Å². The van der Waals surface area contributed by atoms with Gasteiger partial charge in [-0.2, -0.15) is 0 Å². The van der Waals surface area contributed by atoms with Crippen LogP contribution >= 0.6 is 0 Å². The molecule has 2 N–H and O–H groups in total. The number of hydrogen-bond donors (Lipinski definition) is 1. The highest BCUT2D eigenvalue weighted by molar-refractivity contribution is 5.85. The van der Waals surface area contributed by atoms with Crippen LogP contribution in [0.3, 0.4) is 0 Å². The van der Waals surface area contributed by atoms with Gasteiger partial charge in [0.15, 0.2) is 0 Å². The van der Waals surface area contributed by atoms with E-state index in [1.54, 1.807) is 0 Å². The van der Waals surface area contributed by atoms with Crippen molar-refractivity contribution in [2.75, 3.05) is 13.2 Å². The van der Waals surface area contributed by atoms with Crippen molar-refractivity contribution in [3.05, 3.63) is 42.0 Å². The fourth-order valence-electron chi connectivity index (χ4n) is 2.04. The van der Waals surface area contributed by atoms with E-state index in [4.69, 9.17) is 10.5 Å². The van der Waals surface area contributed by atoms with Gasteiger partial charge in [0, 0.05) is 5.56 Å². The van der Waals surface area contributed by atoms with Gasteiger partial charge in [0.05, 0.1) is 13.2 Å². The lowest BCUT2D eigenvalue weighted by Gasteiger charge is -2.06. The summed E-state index contributed by atoms with van der Waals surface area (Å²) >= 11 is 0. The molecule has 0 heterocycles. The molecule has 0 radical (unpaired) electrons. The third-order valence-corrected chi connectivity index (χ3v) is 3.33. The molecule has 1 fully saturated rings. The Labute approximate surface area is 113 Å². The van der Waals surface area contributed by atoms with Crippen molar-refractivity contribution in [1.29, 1.82) is 0 Å². The Bertz CT molecular complexity index is 647. The Morgan fingerprint density at radius 1 is 1.11 bits per heavy atom. The maximum atomic E-state index is 5.79. The van der Waals surface area contributed by atoms with Gasteiger partial charge in [-0.1, -0.05) is 24.0 Å². The van der Waals surface area contributed by atoms with Crippen LogP contribution in [0.15, 0.2) is 36.4 Å². The van der Waals surface area contributed by atoms with Crippen LogP contribution in [0.25, 0.3) is 10.8 Å². The minimum atomic E-state index is 0.395. The van der Waals surface area contributed by atoms with Crippen molar-refractivity contribution < 1.29 is 4.74 Å². The number of hydrogen-bond acceptors (Lipinski definition) is 2. The zero-order valence-electron chi connectivity index (χ0n) is 10.9. The Kier molecular flexibility index (Phi) is 3.39. The van der Waals surface area contributed by atoms with E-state index in [9.17, 15) is 0 Å². The average molecular weight is 251 g/mol. The summed E-state index contributed by atoms with van der Waals surface area (Å²) in [5, 5.41) is 2.37. The van der Waals surface area contributed by atoms with Crippen molar-refractivity contribution in [3.63, 3.8) is 0 Å². The molecule has 0 saturated heterocycles. The zero-order valence-corrected chi connectivity index (χ0v) is 10.9. The Hall–Kier alpha value is -1.98. The zero-order chi connectivity index (χ0) is 13.1. The maximum Gasteiger partial charge on any atom is 0.119 e. The van der Waals surface area contributed by atoms with Crippen LogP contribution in [0.4, 0.5) is 0 Å². The number of benzene rings is 2. The molecule has 1 saturated carbocycles. The van der Waals surface area contributed by atoms with Gasteiger partial charge in [0.1, 0.15) is 5.75 Å². The van der Waals surface area contributed by atoms with E-state index in [1.165, 1.54) is 23.6 Å². The number of nitrogens with two attached hydrogens (primary N) is 1. The van der Waals surface area contributed by atoms with Crippen molar-refractivity contribution in [1.82, 2.24) is 0 Å². The molecule has 0 spiro atoms. The average Bonchev–Trinajstić information content (AvgIpc) is 3.26. The normalized spacial score (nSPS) is 13.9. The van der Waals surface area contributed by atoms with Crippen molar-refractivity contribution in [2.45, 2.75) is 12.8 Å². The summed E-state index contributed by atoms with van der Waals surface area (Å²) in [5.41, 5.74) is 6.39. The molecule has 1 aliphatic rings. The highest BCUT2D eigenvalue weighted by Crippen LogP contribution is 2.30. The fourth-order valence-corrected chi connectivity index (χ4v) is 2.04. The molecule has 0 atom stereocenters. The third-order valence-electron chi connectivity index (χ3n) is 3.33. The molecule has 2 aromatic carbocycles. The van der Waals surface area contributed by atoms with Gasteiger partial charge in [-0.05, 0) is 53.8 Å². The molecule has 0 amide bonds. The largest absolute Gasteiger partial charge is 0.493 e. The van der Waals surface area contributed by atoms with E-state index in [-0.39, 0.29) is 0 Å². The van der Waals surface area contributed by atoms with E-state index < -0.39 is 0 Å². The van der Waals surface area contributed by atoms with Crippen molar-refractivity contribution >= 4 is 10.8 Å². The molecule has 96 valence electrons. The Balaban J connectivity index is 1.82. The van der Waals surface area contributed by atoms with E-state index in [0.29, 0.717) is 6.54 Å². The first-order valence-electron chi connectivity index (χ1n) is 6.71. The summed E-state index contributed by atoms with van der Waals surface area (Å²) in [5.74, 6) is 7.67. The van der Waals surface area contributed by atoms with E-state index in [1.807, 2.05) is 12.1 Å². The van der Waals surface area contributed by atoms with Gasteiger partial charge >= 0.3 is 0 Å². The SMILES string of the molecule is NCC#Cc1ccc2cc(OCC3CC3)ccc2c1. The lowest BCUT2D eigenvalue weighted by molar-refractivity contribution is 0.300. The molecule has 2 aromatic rings. The van der Waals surface area contributed by atoms with Crippen molar-refractivity contribution in [2.24, 2.45) is 11.7 Å². The van der Waals surface area contributed by atoms with Gasteiger partial charge in [-0.3, -0.25) is 0 Å². The lowest BCUT2D eigenvalue weighted by Crippen LogP contribution is -1.98. The number of ether oxygens (including phenoxy) is 1. The molecule has 3 rings (SSSR count). The summed E-state index contributed by atoms with van der Waals surface area (Å²) in [6.07, 6.45) is 2.63. The monoisotopic (exact) mass is 251 g/mol. The highest BCUT2D eigenvalue weighted by Gasteiger charge is 2.21. The second-order valence-electron chi connectivity index (χ2n) is 4.98. The Morgan fingerprint density at radius 3 is 2.68 bits per heavy atom. The molecule has 19 heavy (non-hydrogen) atoms. The summed E-state index contributed by atoms with van der Waals surface area (Å²) < 4.78 is 5.79. The van der Waals surface area contributed by atoms with Gasteiger partial charge in [0.2, 0.25) is 0 Å². The first kappa shape index (κ1) is 12.1.